The maximum Gasteiger partial charge on any atom is 0.137 e. The van der Waals surface area contributed by atoms with E-state index in [-0.39, 0.29) is 54.7 Å². The molecule has 0 radical (unpaired) electrons. The average molecular weight is 630 g/mol. The summed E-state index contributed by atoms with van der Waals surface area (Å²) in [5.41, 5.74) is 7.70. The molecule has 0 amide bonds. The van der Waals surface area contributed by atoms with Crippen LogP contribution in [0.25, 0.3) is 11.4 Å². The van der Waals surface area contributed by atoms with Crippen molar-refractivity contribution in [1.82, 2.24) is 19.8 Å². The van der Waals surface area contributed by atoms with E-state index in [0.29, 0.717) is 5.92 Å². The van der Waals surface area contributed by atoms with Gasteiger partial charge in [0.05, 0.1) is 17.8 Å². The van der Waals surface area contributed by atoms with Crippen molar-refractivity contribution in [2.75, 3.05) is 26.2 Å². The number of halogens is 3. The van der Waals surface area contributed by atoms with E-state index in [2.05, 4.69) is 141 Å². The monoisotopic (exact) mass is 628 g/mol. The van der Waals surface area contributed by atoms with E-state index in [1.54, 1.807) is 0 Å². The molecular weight excluding hydrogens is 583 g/mol. The Kier molecular flexibility index (Phi) is 13.2. The molecule has 1 saturated heterocycles. The molecule has 1 unspecified atom stereocenters. The van der Waals surface area contributed by atoms with Crippen LogP contribution in [0, 0.1) is 12.8 Å². The molecule has 1 N–H and O–H groups in total. The normalized spacial score (nSPS) is 15.0. The third-order valence-electron chi connectivity index (χ3n) is 8.17. The molecule has 0 spiro atoms. The molecule has 2 heterocycles. The fourth-order valence-corrected chi connectivity index (χ4v) is 6.10. The van der Waals surface area contributed by atoms with Crippen LogP contribution in [-0.2, 0) is 5.41 Å². The van der Waals surface area contributed by atoms with Gasteiger partial charge in [-0.2, -0.15) is 0 Å². The second-order valence-corrected chi connectivity index (χ2v) is 12.4. The van der Waals surface area contributed by atoms with Crippen LogP contribution in [0.4, 0.5) is 0 Å². The number of rotatable bonds is 7. The smallest absolute Gasteiger partial charge is 0.137 e. The van der Waals surface area contributed by atoms with Crippen LogP contribution in [0.3, 0.4) is 0 Å². The molecule has 0 saturated carbocycles. The van der Waals surface area contributed by atoms with Gasteiger partial charge >= 0.3 is 0 Å². The third-order valence-corrected chi connectivity index (χ3v) is 8.17. The van der Waals surface area contributed by atoms with E-state index in [1.165, 1.54) is 28.1 Å². The zero-order valence-electron chi connectivity index (χ0n) is 25.7. The molecule has 0 aliphatic carbocycles. The highest BCUT2D eigenvalue weighted by atomic mass is 35.5. The van der Waals surface area contributed by atoms with Crippen molar-refractivity contribution in [3.8, 4) is 11.4 Å². The summed E-state index contributed by atoms with van der Waals surface area (Å²) in [6.07, 6.45) is 0. The van der Waals surface area contributed by atoms with Crippen LogP contribution in [0.1, 0.15) is 74.8 Å². The highest BCUT2D eigenvalue weighted by Crippen LogP contribution is 2.35. The first-order valence-electron chi connectivity index (χ1n) is 14.5. The van der Waals surface area contributed by atoms with Gasteiger partial charge in [0.1, 0.15) is 5.82 Å². The molecule has 0 bridgehead atoms. The fraction of sp³-hybridized carbons (Fsp3) is 0.400. The maximum atomic E-state index is 5.24. The highest BCUT2D eigenvalue weighted by molar-refractivity contribution is 5.86. The first-order valence-corrected chi connectivity index (χ1v) is 14.5. The van der Waals surface area contributed by atoms with Gasteiger partial charge < -0.3 is 4.98 Å². The fourth-order valence-electron chi connectivity index (χ4n) is 6.10. The van der Waals surface area contributed by atoms with E-state index >= 15 is 0 Å². The number of nitrogens with zero attached hydrogens (tertiary/aromatic N) is 3. The molecule has 7 heteroatoms. The number of aromatic nitrogens is 2. The van der Waals surface area contributed by atoms with Crippen molar-refractivity contribution in [3.63, 3.8) is 0 Å². The van der Waals surface area contributed by atoms with Gasteiger partial charge in [0.2, 0.25) is 0 Å². The Balaban J connectivity index is 0.00000205. The topological polar surface area (TPSA) is 35.2 Å². The Morgan fingerprint density at radius 3 is 1.74 bits per heavy atom. The molecule has 1 fully saturated rings. The SMILES string of the molecule is Cc1[nH]c(-c2cccc(C(C)(C)C)c2)nc1C(C(C)C)N1CCN(C(c2ccccc2)c2ccccc2)CC1.Cl.Cl.Cl. The number of H-pyrrole nitrogens is 1. The van der Waals surface area contributed by atoms with Gasteiger partial charge in [-0.05, 0) is 41.0 Å². The van der Waals surface area contributed by atoms with Crippen LogP contribution in [0.15, 0.2) is 84.9 Å². The van der Waals surface area contributed by atoms with Gasteiger partial charge in [-0.25, -0.2) is 4.98 Å². The second kappa shape index (κ2) is 15.4. The number of hydrogen-bond acceptors (Lipinski definition) is 3. The second-order valence-electron chi connectivity index (χ2n) is 12.4. The van der Waals surface area contributed by atoms with Crippen molar-refractivity contribution in [1.29, 1.82) is 0 Å². The Hall–Kier alpha value is -2.34. The summed E-state index contributed by atoms with van der Waals surface area (Å²) < 4.78 is 0. The van der Waals surface area contributed by atoms with Crippen LogP contribution < -0.4 is 0 Å². The summed E-state index contributed by atoms with van der Waals surface area (Å²) >= 11 is 0. The quantitative estimate of drug-likeness (QED) is 0.222. The van der Waals surface area contributed by atoms with E-state index < -0.39 is 0 Å². The van der Waals surface area contributed by atoms with Gasteiger partial charge in [0.25, 0.3) is 0 Å². The zero-order chi connectivity index (χ0) is 27.6. The van der Waals surface area contributed by atoms with E-state index in [4.69, 9.17) is 4.98 Å². The summed E-state index contributed by atoms with van der Waals surface area (Å²) in [6.45, 7) is 17.8. The molecule has 3 aromatic carbocycles. The summed E-state index contributed by atoms with van der Waals surface area (Å²) in [5.74, 6) is 1.44. The van der Waals surface area contributed by atoms with Crippen molar-refractivity contribution in [3.05, 3.63) is 113 Å². The largest absolute Gasteiger partial charge is 0.342 e. The maximum absolute atomic E-state index is 5.24. The van der Waals surface area contributed by atoms with Crippen LogP contribution in [-0.4, -0.2) is 45.9 Å². The summed E-state index contributed by atoms with van der Waals surface area (Å²) in [5, 5.41) is 0. The lowest BCUT2D eigenvalue weighted by Crippen LogP contribution is -2.50. The molecule has 1 aliphatic heterocycles. The number of aromatic amines is 1. The van der Waals surface area contributed by atoms with Crippen molar-refractivity contribution >= 4 is 37.2 Å². The van der Waals surface area contributed by atoms with Crippen molar-refractivity contribution in [2.24, 2.45) is 5.92 Å². The summed E-state index contributed by atoms with van der Waals surface area (Å²) in [7, 11) is 0. The molecule has 228 valence electrons. The molecular formula is C35H47Cl3N4. The summed E-state index contributed by atoms with van der Waals surface area (Å²) in [6, 6.07) is 31.3. The number of benzene rings is 3. The minimum absolute atomic E-state index is 0. The van der Waals surface area contributed by atoms with Gasteiger partial charge in [-0.15, -0.1) is 37.2 Å². The zero-order valence-corrected chi connectivity index (χ0v) is 28.2. The Morgan fingerprint density at radius 1 is 0.714 bits per heavy atom. The number of nitrogens with one attached hydrogen (secondary N) is 1. The molecule has 42 heavy (non-hydrogen) atoms. The van der Waals surface area contributed by atoms with Crippen molar-refractivity contribution < 1.29 is 0 Å². The number of piperazine rings is 1. The molecule has 4 nitrogen and oxygen atoms in total. The van der Waals surface area contributed by atoms with E-state index in [9.17, 15) is 0 Å². The summed E-state index contributed by atoms with van der Waals surface area (Å²) in [4.78, 5) is 14.2. The van der Waals surface area contributed by atoms with E-state index in [0.717, 1.165) is 37.6 Å². The first kappa shape index (κ1) is 35.9. The van der Waals surface area contributed by atoms with Crippen molar-refractivity contribution in [2.45, 2.75) is 59.0 Å². The molecule has 1 atom stereocenters. The van der Waals surface area contributed by atoms with Gasteiger partial charge in [-0.1, -0.05) is 113 Å². The third kappa shape index (κ3) is 7.98. The molecule has 4 aromatic rings. The van der Waals surface area contributed by atoms with Crippen LogP contribution in [0.5, 0.6) is 0 Å². The number of imidazole rings is 1. The van der Waals surface area contributed by atoms with E-state index in [1.807, 2.05) is 0 Å². The lowest BCUT2D eigenvalue weighted by molar-refractivity contribution is 0.0599. The molecule has 5 rings (SSSR count). The average Bonchev–Trinajstić information content (AvgIpc) is 3.31. The Labute approximate surface area is 271 Å². The highest BCUT2D eigenvalue weighted by Gasteiger charge is 2.33. The minimum atomic E-state index is 0. The van der Waals surface area contributed by atoms with Gasteiger partial charge in [-0.3, -0.25) is 9.80 Å². The van der Waals surface area contributed by atoms with Crippen LogP contribution in [0.2, 0.25) is 0 Å². The lowest BCUT2D eigenvalue weighted by atomic mass is 9.86. The predicted octanol–water partition coefficient (Wildman–Crippen LogP) is 9.05. The first-order chi connectivity index (χ1) is 18.7. The number of aryl methyl sites for hydroxylation is 1. The lowest BCUT2D eigenvalue weighted by Gasteiger charge is -2.43. The Morgan fingerprint density at radius 2 is 1.24 bits per heavy atom. The van der Waals surface area contributed by atoms with Gasteiger partial charge in [0.15, 0.2) is 0 Å². The minimum Gasteiger partial charge on any atom is -0.342 e. The molecule has 1 aliphatic rings. The molecule has 1 aromatic heterocycles. The van der Waals surface area contributed by atoms with Gasteiger partial charge in [0, 0.05) is 37.4 Å². The standard InChI is InChI=1S/C35H44N4.3ClH/c1-25(2)32(31-26(3)36-34(37-31)29-18-13-19-30(24-29)35(4,5)6)38-20-22-39(23-21-38)33(27-14-9-7-10-15-27)28-16-11-8-12-17-28;;;/h7-19,24-25,32-33H,20-23H2,1-6H3,(H,36,37);3*1H. The van der Waals surface area contributed by atoms with Crippen LogP contribution >= 0.6 is 37.2 Å². The Bertz CT molecular complexity index is 1320. The predicted molar refractivity (Wildman–Crippen MR) is 185 cm³/mol. The number of hydrogen-bond donors (Lipinski definition) is 1.